The number of rotatable bonds is 3. The molecule has 8 nitrogen and oxygen atoms in total. The van der Waals surface area contributed by atoms with E-state index in [9.17, 15) is 46.5 Å². The third-order valence-corrected chi connectivity index (χ3v) is 8.36. The number of hydrogen-bond acceptors (Lipinski definition) is 6. The van der Waals surface area contributed by atoms with Gasteiger partial charge in [0, 0.05) is 18.4 Å². The van der Waals surface area contributed by atoms with E-state index in [1.807, 2.05) is 0 Å². The second kappa shape index (κ2) is 10.8. The van der Waals surface area contributed by atoms with Crippen molar-refractivity contribution >= 4 is 57.7 Å². The molecule has 46 heavy (non-hydrogen) atoms. The molecule has 0 N–H and O–H groups in total. The molecule has 0 aliphatic carbocycles. The Balaban J connectivity index is 1.73. The van der Waals surface area contributed by atoms with Crippen LogP contribution in [0.25, 0.3) is 16.6 Å². The molecule has 0 unspecified atom stereocenters. The molecule has 4 aromatic rings. The maximum Gasteiger partial charge on any atom is 0.417 e. The molecule has 2 heterocycles. The molecule has 1 aromatic heterocycles. The Morgan fingerprint density at radius 2 is 1.26 bits per heavy atom. The summed E-state index contributed by atoms with van der Waals surface area (Å²) in [6.45, 7) is 2.93. The first-order chi connectivity index (χ1) is 21.3. The number of carbonyl (C=O) groups excluding carboxylic acids is 1. The Bertz CT molecular complexity index is 2210. The molecule has 0 saturated carbocycles. The van der Waals surface area contributed by atoms with Gasteiger partial charge in [-0.2, -0.15) is 36.9 Å². The van der Waals surface area contributed by atoms with Gasteiger partial charge in [0.05, 0.1) is 51.0 Å². The molecule has 16 heteroatoms. The average Bonchev–Trinajstić information content (AvgIpc) is 3.17. The molecule has 1 aliphatic heterocycles. The normalized spacial score (nSPS) is 14.9. The van der Waals surface area contributed by atoms with Gasteiger partial charge < -0.3 is 4.90 Å². The van der Waals surface area contributed by atoms with Gasteiger partial charge in [0.25, 0.3) is 11.5 Å². The lowest BCUT2D eigenvalue weighted by molar-refractivity contribution is -0.138. The highest BCUT2D eigenvalue weighted by molar-refractivity contribution is 7.81. The van der Waals surface area contributed by atoms with Crippen molar-refractivity contribution in [2.24, 2.45) is 7.05 Å². The second-order valence-corrected chi connectivity index (χ2v) is 11.4. The molecule has 5 rings (SSSR count). The zero-order valence-electron chi connectivity index (χ0n) is 23.8. The Hall–Kier alpha value is -5.06. The van der Waals surface area contributed by atoms with Crippen molar-refractivity contribution in [2.45, 2.75) is 31.7 Å². The lowest BCUT2D eigenvalue weighted by Gasteiger charge is -2.30. The number of halogens is 6. The highest BCUT2D eigenvalue weighted by Crippen LogP contribution is 2.40. The summed E-state index contributed by atoms with van der Waals surface area (Å²) in [5.74, 6) is -0.710. The van der Waals surface area contributed by atoms with Crippen molar-refractivity contribution in [1.82, 2.24) is 9.13 Å². The van der Waals surface area contributed by atoms with Gasteiger partial charge in [0.1, 0.15) is 5.54 Å². The number of carbonyl (C=O) groups is 1. The van der Waals surface area contributed by atoms with Crippen LogP contribution in [-0.2, 0) is 24.2 Å². The minimum atomic E-state index is -4.90. The van der Waals surface area contributed by atoms with E-state index in [1.165, 1.54) is 66.8 Å². The Morgan fingerprint density at radius 1 is 0.761 bits per heavy atom. The largest absolute Gasteiger partial charge is 0.417 e. The quantitative estimate of drug-likeness (QED) is 0.175. The average molecular weight is 673 g/mol. The van der Waals surface area contributed by atoms with Crippen LogP contribution >= 0.6 is 24.4 Å². The predicted octanol–water partition coefficient (Wildman–Crippen LogP) is 6.76. The van der Waals surface area contributed by atoms with Crippen LogP contribution in [0.1, 0.15) is 36.1 Å². The summed E-state index contributed by atoms with van der Waals surface area (Å²) in [6, 6.07) is 12.8. The Morgan fingerprint density at radius 3 is 1.78 bits per heavy atom. The summed E-state index contributed by atoms with van der Waals surface area (Å²) in [7, 11) is 1.34. The number of nitriles is 2. The van der Waals surface area contributed by atoms with E-state index in [2.05, 4.69) is 0 Å². The van der Waals surface area contributed by atoms with Gasteiger partial charge in [0.2, 0.25) is 0 Å². The summed E-state index contributed by atoms with van der Waals surface area (Å²) in [5.41, 5.74) is -6.01. The van der Waals surface area contributed by atoms with Crippen LogP contribution in [0.15, 0.2) is 59.4 Å². The Labute approximate surface area is 266 Å². The molecule has 1 saturated heterocycles. The first kappa shape index (κ1) is 32.3. The SMILES string of the molecule is Cn1c(=O)c2ccc(N3C(=S)N(c4ccc(C#N)c(C(F)(F)F)c4)C(=O)C3(C)C)cc2n(-c2ccc(C#N)c(C(F)(F)F)c2)c1=S. The van der Waals surface area contributed by atoms with E-state index in [0.717, 1.165) is 33.7 Å². The van der Waals surface area contributed by atoms with Crippen LogP contribution in [0, 0.1) is 27.4 Å². The number of nitrogens with zero attached hydrogens (tertiary/aromatic N) is 6. The number of benzene rings is 3. The minimum absolute atomic E-state index is 0.0330. The maximum absolute atomic E-state index is 13.9. The number of amides is 1. The maximum atomic E-state index is 13.9. The molecule has 0 bridgehead atoms. The van der Waals surface area contributed by atoms with Gasteiger partial charge in [-0.25, -0.2) is 0 Å². The van der Waals surface area contributed by atoms with Crippen molar-refractivity contribution in [2.75, 3.05) is 9.80 Å². The number of hydrogen-bond donors (Lipinski definition) is 0. The summed E-state index contributed by atoms with van der Waals surface area (Å²) < 4.78 is 84.8. The smallest absolute Gasteiger partial charge is 0.303 e. The topological polar surface area (TPSA) is 98.1 Å². The van der Waals surface area contributed by atoms with Gasteiger partial charge in [0.15, 0.2) is 9.88 Å². The summed E-state index contributed by atoms with van der Waals surface area (Å²) in [4.78, 5) is 29.1. The zero-order valence-corrected chi connectivity index (χ0v) is 25.4. The van der Waals surface area contributed by atoms with Crippen LogP contribution < -0.4 is 15.4 Å². The van der Waals surface area contributed by atoms with E-state index in [4.69, 9.17) is 24.4 Å². The zero-order chi connectivity index (χ0) is 34.1. The molecule has 0 atom stereocenters. The lowest BCUT2D eigenvalue weighted by Crippen LogP contribution is -2.44. The van der Waals surface area contributed by atoms with Crippen molar-refractivity contribution in [1.29, 1.82) is 10.5 Å². The van der Waals surface area contributed by atoms with Crippen molar-refractivity contribution in [3.8, 4) is 17.8 Å². The third-order valence-electron chi connectivity index (χ3n) is 7.54. The van der Waals surface area contributed by atoms with Crippen LogP contribution in [-0.4, -0.2) is 25.7 Å². The van der Waals surface area contributed by atoms with Gasteiger partial charge in [-0.05, 0) is 92.9 Å². The molecule has 1 fully saturated rings. The van der Waals surface area contributed by atoms with Crippen molar-refractivity contribution < 1.29 is 31.1 Å². The van der Waals surface area contributed by atoms with Crippen LogP contribution in [0.3, 0.4) is 0 Å². The fourth-order valence-electron chi connectivity index (χ4n) is 5.26. The number of fused-ring (bicyclic) bond motifs is 1. The highest BCUT2D eigenvalue weighted by atomic mass is 32.1. The first-order valence-electron chi connectivity index (χ1n) is 13.0. The molecule has 0 spiro atoms. The molecular formula is C30H18F6N6O2S2. The van der Waals surface area contributed by atoms with Crippen LogP contribution in [0.5, 0.6) is 0 Å². The fourth-order valence-corrected chi connectivity index (χ4v) is 6.07. The van der Waals surface area contributed by atoms with Gasteiger partial charge in [-0.1, -0.05) is 0 Å². The highest BCUT2D eigenvalue weighted by Gasteiger charge is 2.51. The van der Waals surface area contributed by atoms with E-state index in [1.54, 1.807) is 0 Å². The van der Waals surface area contributed by atoms with E-state index < -0.39 is 51.6 Å². The second-order valence-electron chi connectivity index (χ2n) is 10.7. The first-order valence-corrected chi connectivity index (χ1v) is 13.8. The van der Waals surface area contributed by atoms with Gasteiger partial charge >= 0.3 is 12.4 Å². The third kappa shape index (κ3) is 4.99. The van der Waals surface area contributed by atoms with Crippen LogP contribution in [0.2, 0.25) is 0 Å². The molecule has 0 radical (unpaired) electrons. The molecule has 234 valence electrons. The minimum Gasteiger partial charge on any atom is -0.303 e. The Kier molecular flexibility index (Phi) is 7.58. The predicted molar refractivity (Wildman–Crippen MR) is 162 cm³/mol. The molecule has 3 aromatic carbocycles. The number of anilines is 2. The van der Waals surface area contributed by atoms with Crippen molar-refractivity contribution in [3.05, 3.63) is 92.0 Å². The van der Waals surface area contributed by atoms with E-state index >= 15 is 0 Å². The molecular weight excluding hydrogens is 654 g/mol. The standard InChI is InChI=1S/C30H18F6N6O2S2/c1-28(2)25(44)41(18-7-5-16(14-38)22(11-18)30(34,35)36)27(46)42(28)19-8-9-20-23(12-19)40(26(45)39(3)24(20)43)17-6-4-15(13-37)21(10-17)29(31,32)33/h4-12H,1-3H3. The van der Waals surface area contributed by atoms with E-state index in [-0.39, 0.29) is 37.8 Å². The molecule has 1 amide bonds. The number of thiocarbonyl (C=S) groups is 1. The summed E-state index contributed by atoms with van der Waals surface area (Å²) in [6.07, 6.45) is -9.80. The molecule has 1 aliphatic rings. The summed E-state index contributed by atoms with van der Waals surface area (Å²) in [5, 5.41) is 18.2. The number of aromatic nitrogens is 2. The van der Waals surface area contributed by atoms with Crippen LogP contribution in [0.4, 0.5) is 37.7 Å². The number of alkyl halides is 6. The van der Waals surface area contributed by atoms with Crippen molar-refractivity contribution in [3.63, 3.8) is 0 Å². The monoisotopic (exact) mass is 672 g/mol. The van der Waals surface area contributed by atoms with Gasteiger partial charge in [-0.15, -0.1) is 0 Å². The fraction of sp³-hybridized carbons (Fsp3) is 0.200. The van der Waals surface area contributed by atoms with Gasteiger partial charge in [-0.3, -0.25) is 23.6 Å². The lowest BCUT2D eigenvalue weighted by atomic mass is 10.0. The van der Waals surface area contributed by atoms with E-state index in [0.29, 0.717) is 6.07 Å². The summed E-state index contributed by atoms with van der Waals surface area (Å²) >= 11 is 11.1.